The highest BCUT2D eigenvalue weighted by Gasteiger charge is 2.38. The zero-order chi connectivity index (χ0) is 31.4. The molecule has 3 aromatic rings. The highest BCUT2D eigenvalue weighted by molar-refractivity contribution is 5.92. The van der Waals surface area contributed by atoms with E-state index in [9.17, 15) is 24.3 Å². The Balaban J connectivity index is 1.70. The number of nitrogens with zero attached hydrogens (tertiary/aromatic N) is 2. The minimum absolute atomic E-state index is 0.0151. The molecular weight excluding hydrogens is 558 g/mol. The molecule has 43 heavy (non-hydrogen) atoms. The average Bonchev–Trinajstić information content (AvgIpc) is 3.55. The molecule has 0 saturated heterocycles. The lowest BCUT2D eigenvalue weighted by Gasteiger charge is -2.30. The van der Waals surface area contributed by atoms with E-state index in [4.69, 9.17) is 9.47 Å². The number of amides is 2. The molecule has 13 heteroatoms. The van der Waals surface area contributed by atoms with Gasteiger partial charge in [-0.15, -0.1) is 0 Å². The van der Waals surface area contributed by atoms with Crippen LogP contribution in [0.15, 0.2) is 60.8 Å². The van der Waals surface area contributed by atoms with Gasteiger partial charge in [-0.05, 0) is 42.4 Å². The first-order chi connectivity index (χ1) is 20.6. The molecule has 3 rings (SSSR count). The van der Waals surface area contributed by atoms with Crippen molar-refractivity contribution in [2.45, 2.75) is 45.7 Å². The van der Waals surface area contributed by atoms with Crippen LogP contribution in [-0.2, 0) is 30.2 Å². The van der Waals surface area contributed by atoms with E-state index in [0.717, 1.165) is 23.8 Å². The van der Waals surface area contributed by atoms with E-state index in [0.29, 0.717) is 6.42 Å². The van der Waals surface area contributed by atoms with Gasteiger partial charge in [-0.3, -0.25) is 9.59 Å². The lowest BCUT2D eigenvalue weighted by molar-refractivity contribution is -0.178. The molecule has 0 unspecified atom stereocenters. The third-order valence-corrected chi connectivity index (χ3v) is 6.84. The summed E-state index contributed by atoms with van der Waals surface area (Å²) in [6, 6.07) is 16.0. The molecule has 0 aliphatic rings. The van der Waals surface area contributed by atoms with Crippen LogP contribution < -0.4 is 10.6 Å². The number of hydrogen-bond acceptors (Lipinski definition) is 10. The van der Waals surface area contributed by atoms with E-state index in [1.807, 2.05) is 54.6 Å². The fourth-order valence-corrected chi connectivity index (χ4v) is 4.34. The summed E-state index contributed by atoms with van der Waals surface area (Å²) in [6.07, 6.45) is 0.771. The molecule has 13 nitrogen and oxygen atoms in total. The number of carbonyl (C=O) groups is 4. The van der Waals surface area contributed by atoms with Crippen LogP contribution in [-0.4, -0.2) is 77.0 Å². The first-order valence-corrected chi connectivity index (χ1v) is 13.7. The minimum Gasteiger partial charge on any atom is -0.453 e. The molecule has 4 N–H and O–H groups in total. The third-order valence-electron chi connectivity index (χ3n) is 6.84. The first kappa shape index (κ1) is 32.7. The topological polar surface area (TPSA) is 182 Å². The van der Waals surface area contributed by atoms with Crippen LogP contribution in [0.2, 0.25) is 0 Å². The van der Waals surface area contributed by atoms with Crippen molar-refractivity contribution in [3.63, 3.8) is 0 Å². The Morgan fingerprint density at radius 1 is 0.977 bits per heavy atom. The Bertz CT molecular complexity index is 1350. The Morgan fingerprint density at radius 3 is 2.23 bits per heavy atom. The van der Waals surface area contributed by atoms with E-state index in [1.54, 1.807) is 13.8 Å². The van der Waals surface area contributed by atoms with Gasteiger partial charge in [-0.1, -0.05) is 68.4 Å². The molecule has 0 saturated carbocycles. The van der Waals surface area contributed by atoms with Gasteiger partial charge in [0.2, 0.25) is 6.79 Å². The Morgan fingerprint density at radius 2 is 1.65 bits per heavy atom. The fourth-order valence-electron chi connectivity index (χ4n) is 4.34. The largest absolute Gasteiger partial charge is 0.453 e. The quantitative estimate of drug-likeness (QED) is 0.160. The molecule has 0 aliphatic heterocycles. The lowest BCUT2D eigenvalue weighted by atomic mass is 9.82. The van der Waals surface area contributed by atoms with Crippen molar-refractivity contribution in [3.8, 4) is 11.1 Å². The van der Waals surface area contributed by atoms with Gasteiger partial charge >= 0.3 is 18.0 Å². The molecule has 1 heterocycles. The van der Waals surface area contributed by atoms with E-state index < -0.39 is 54.8 Å². The van der Waals surface area contributed by atoms with Crippen molar-refractivity contribution in [1.29, 1.82) is 0 Å². The standard InChI is InChI=1S/C30H37N5O8/c1-19(2)25(33-29(40)41-4)27(38)42-18-43-28(39)30(3,17-36)15-23(32-26(37)24-16-31-35-34-24)14-20-10-12-22(13-11-20)21-8-6-5-7-9-21/h5-13,16,19,23,25,36H,14-15,17-18H2,1-4H3,(H,32,37)(H,33,40)(H,31,34,35)/t23-,25+,30+/m1/s1. The van der Waals surface area contributed by atoms with Crippen molar-refractivity contribution in [1.82, 2.24) is 26.0 Å². The van der Waals surface area contributed by atoms with Crippen LogP contribution >= 0.6 is 0 Å². The van der Waals surface area contributed by atoms with Crippen molar-refractivity contribution in [3.05, 3.63) is 72.1 Å². The summed E-state index contributed by atoms with van der Waals surface area (Å²) in [7, 11) is 1.16. The number of H-pyrrole nitrogens is 1. The van der Waals surface area contributed by atoms with Crippen LogP contribution in [0.3, 0.4) is 0 Å². The highest BCUT2D eigenvalue weighted by atomic mass is 16.7. The Labute approximate surface area is 249 Å². The highest BCUT2D eigenvalue weighted by Crippen LogP contribution is 2.27. The van der Waals surface area contributed by atoms with E-state index in [2.05, 4.69) is 30.8 Å². The minimum atomic E-state index is -1.47. The number of ether oxygens (including phenoxy) is 3. The smallest absolute Gasteiger partial charge is 0.407 e. The van der Waals surface area contributed by atoms with Crippen molar-refractivity contribution in [2.24, 2.45) is 11.3 Å². The SMILES string of the molecule is COC(=O)N[C@H](C(=O)OCOC(=O)[C@](C)(CO)C[C@@H](Cc1ccc(-c2ccccc2)cc1)NC(=O)c1cn[nH]n1)C(C)C. The monoisotopic (exact) mass is 595 g/mol. The second-order valence-electron chi connectivity index (χ2n) is 10.6. The number of hydrogen-bond donors (Lipinski definition) is 4. The molecule has 2 amide bonds. The van der Waals surface area contributed by atoms with Gasteiger partial charge in [0.15, 0.2) is 5.69 Å². The Kier molecular flexibility index (Phi) is 11.8. The molecule has 3 atom stereocenters. The molecule has 0 aliphatic carbocycles. The number of methoxy groups -OCH3 is 1. The average molecular weight is 596 g/mol. The predicted molar refractivity (Wildman–Crippen MR) is 154 cm³/mol. The van der Waals surface area contributed by atoms with Crippen molar-refractivity contribution >= 4 is 23.9 Å². The summed E-state index contributed by atoms with van der Waals surface area (Å²) in [6.45, 7) is 3.53. The van der Waals surface area contributed by atoms with Gasteiger partial charge in [-0.2, -0.15) is 15.4 Å². The van der Waals surface area contributed by atoms with Gasteiger partial charge < -0.3 is 30.0 Å². The molecule has 0 fully saturated rings. The lowest BCUT2D eigenvalue weighted by Crippen LogP contribution is -2.46. The molecular formula is C30H37N5O8. The summed E-state index contributed by atoms with van der Waals surface area (Å²) in [5, 5.41) is 25.3. The maximum absolute atomic E-state index is 13.1. The zero-order valence-corrected chi connectivity index (χ0v) is 24.5. The zero-order valence-electron chi connectivity index (χ0n) is 24.5. The number of esters is 2. The summed E-state index contributed by atoms with van der Waals surface area (Å²) in [5.74, 6) is -2.51. The number of benzene rings is 2. The van der Waals surface area contributed by atoms with Crippen LogP contribution in [0.5, 0.6) is 0 Å². The summed E-state index contributed by atoms with van der Waals surface area (Å²) < 4.78 is 14.8. The second kappa shape index (κ2) is 15.4. The van der Waals surface area contributed by atoms with Gasteiger partial charge in [-0.25, -0.2) is 9.59 Å². The maximum Gasteiger partial charge on any atom is 0.407 e. The molecule has 230 valence electrons. The fraction of sp³-hybridized carbons (Fsp3) is 0.400. The van der Waals surface area contributed by atoms with E-state index in [-0.39, 0.29) is 18.0 Å². The number of aromatic amines is 1. The Hall–Kier alpha value is -4.78. The number of aliphatic hydroxyl groups is 1. The number of rotatable bonds is 14. The van der Waals surface area contributed by atoms with Gasteiger partial charge in [0.1, 0.15) is 6.04 Å². The molecule has 0 radical (unpaired) electrons. The summed E-state index contributed by atoms with van der Waals surface area (Å²) in [4.78, 5) is 50.0. The van der Waals surface area contributed by atoms with E-state index in [1.165, 1.54) is 13.1 Å². The summed E-state index contributed by atoms with van der Waals surface area (Å²) >= 11 is 0. The number of carbonyl (C=O) groups excluding carboxylic acids is 4. The number of alkyl carbamates (subject to hydrolysis) is 1. The van der Waals surface area contributed by atoms with Gasteiger partial charge in [0.25, 0.3) is 5.91 Å². The predicted octanol–water partition coefficient (Wildman–Crippen LogP) is 2.63. The van der Waals surface area contributed by atoms with Crippen LogP contribution in [0.1, 0.15) is 43.2 Å². The number of nitrogens with one attached hydrogen (secondary N) is 3. The molecule has 0 spiro atoms. The van der Waals surface area contributed by atoms with Crippen LogP contribution in [0.4, 0.5) is 4.79 Å². The van der Waals surface area contributed by atoms with E-state index >= 15 is 0 Å². The maximum atomic E-state index is 13.1. The second-order valence-corrected chi connectivity index (χ2v) is 10.6. The van der Waals surface area contributed by atoms with Crippen LogP contribution in [0, 0.1) is 11.3 Å². The third kappa shape index (κ3) is 9.36. The number of aromatic nitrogens is 3. The van der Waals surface area contributed by atoms with Gasteiger partial charge in [0.05, 0.1) is 25.3 Å². The van der Waals surface area contributed by atoms with Crippen LogP contribution in [0.25, 0.3) is 11.1 Å². The molecule has 1 aromatic heterocycles. The van der Waals surface area contributed by atoms with Crippen molar-refractivity contribution < 1.29 is 38.5 Å². The normalized spacial score (nSPS) is 13.7. The first-order valence-electron chi connectivity index (χ1n) is 13.7. The van der Waals surface area contributed by atoms with Gasteiger partial charge in [0, 0.05) is 6.04 Å². The van der Waals surface area contributed by atoms with Crippen molar-refractivity contribution in [2.75, 3.05) is 20.5 Å². The molecule has 0 bridgehead atoms. The summed E-state index contributed by atoms with van der Waals surface area (Å²) in [5.41, 5.74) is 1.55. The number of aliphatic hydroxyl groups excluding tert-OH is 1. The molecule has 2 aromatic carbocycles.